The third-order valence-electron chi connectivity index (χ3n) is 3.92. The van der Waals surface area contributed by atoms with Gasteiger partial charge in [-0.1, -0.05) is 42.0 Å². The summed E-state index contributed by atoms with van der Waals surface area (Å²) in [4.78, 5) is 11.8. The lowest BCUT2D eigenvalue weighted by Crippen LogP contribution is -2.28. The Bertz CT molecular complexity index is 729. The lowest BCUT2D eigenvalue weighted by molar-refractivity contribution is -0.125. The molecule has 1 fully saturated rings. The van der Waals surface area contributed by atoms with Crippen molar-refractivity contribution in [2.45, 2.75) is 20.8 Å². The van der Waals surface area contributed by atoms with Gasteiger partial charge in [-0.15, -0.1) is 0 Å². The molecular weight excluding hydrogens is 248 g/mol. The van der Waals surface area contributed by atoms with E-state index in [2.05, 4.69) is 54.2 Å². The van der Waals surface area contributed by atoms with Crippen molar-refractivity contribution in [1.29, 1.82) is 0 Å². The molecule has 2 N–H and O–H groups in total. The van der Waals surface area contributed by atoms with E-state index in [-0.39, 0.29) is 5.91 Å². The van der Waals surface area contributed by atoms with Crippen LogP contribution in [0.5, 0.6) is 0 Å². The van der Waals surface area contributed by atoms with E-state index in [1.54, 1.807) is 0 Å². The first-order chi connectivity index (χ1) is 9.48. The van der Waals surface area contributed by atoms with Crippen LogP contribution in [0, 0.1) is 12.3 Å². The normalized spacial score (nSPS) is 19.1. The molecule has 0 aromatic heterocycles. The van der Waals surface area contributed by atoms with Crippen molar-refractivity contribution in [2.24, 2.45) is 5.41 Å². The van der Waals surface area contributed by atoms with Crippen molar-refractivity contribution in [3.05, 3.63) is 53.2 Å². The van der Waals surface area contributed by atoms with E-state index in [4.69, 9.17) is 0 Å². The van der Waals surface area contributed by atoms with Crippen LogP contribution in [0.15, 0.2) is 42.1 Å². The predicted molar refractivity (Wildman–Crippen MR) is 81.7 cm³/mol. The van der Waals surface area contributed by atoms with Gasteiger partial charge in [-0.25, -0.2) is 0 Å². The Balaban J connectivity index is 2.14. The molecule has 2 aromatic carbocycles. The molecule has 3 rings (SSSR count). The molecular formula is C17H18N2O. The average molecular weight is 266 g/mol. The van der Waals surface area contributed by atoms with Gasteiger partial charge in [0.2, 0.25) is 5.91 Å². The van der Waals surface area contributed by atoms with Crippen LogP contribution >= 0.6 is 0 Å². The Morgan fingerprint density at radius 1 is 1.10 bits per heavy atom. The SMILES string of the molecule is Cc1ccc2c(/C=C3\NNC(=O)C3(C)C)cccc2c1. The quantitative estimate of drug-likeness (QED) is 0.832. The maximum Gasteiger partial charge on any atom is 0.249 e. The number of hydrazine groups is 1. The highest BCUT2D eigenvalue weighted by atomic mass is 16.2. The molecule has 20 heavy (non-hydrogen) atoms. The Morgan fingerprint density at radius 2 is 1.90 bits per heavy atom. The number of fused-ring (bicyclic) bond motifs is 1. The summed E-state index contributed by atoms with van der Waals surface area (Å²) in [6.45, 7) is 5.93. The maximum absolute atomic E-state index is 11.8. The highest BCUT2D eigenvalue weighted by molar-refractivity contribution is 5.94. The molecule has 3 heteroatoms. The molecule has 1 heterocycles. The van der Waals surface area contributed by atoms with E-state index in [0.717, 1.165) is 11.3 Å². The number of rotatable bonds is 1. The zero-order valence-corrected chi connectivity index (χ0v) is 11.9. The Kier molecular flexibility index (Phi) is 2.78. The second-order valence-corrected chi connectivity index (χ2v) is 5.83. The van der Waals surface area contributed by atoms with Crippen molar-refractivity contribution in [3.63, 3.8) is 0 Å². The molecule has 1 amide bonds. The molecule has 0 spiro atoms. The second kappa shape index (κ2) is 4.37. The zero-order chi connectivity index (χ0) is 14.3. The lowest BCUT2D eigenvalue weighted by atomic mass is 9.88. The number of carbonyl (C=O) groups excluding carboxylic acids is 1. The van der Waals surface area contributed by atoms with Crippen LogP contribution in [0.3, 0.4) is 0 Å². The number of carbonyl (C=O) groups is 1. The van der Waals surface area contributed by atoms with Gasteiger partial charge < -0.3 is 5.43 Å². The topological polar surface area (TPSA) is 41.1 Å². The third-order valence-corrected chi connectivity index (χ3v) is 3.92. The van der Waals surface area contributed by atoms with Crippen molar-refractivity contribution in [3.8, 4) is 0 Å². The summed E-state index contributed by atoms with van der Waals surface area (Å²) in [6.07, 6.45) is 2.05. The molecule has 1 aliphatic heterocycles. The van der Waals surface area contributed by atoms with E-state index in [1.807, 2.05) is 19.9 Å². The third kappa shape index (κ3) is 1.95. The van der Waals surface area contributed by atoms with Gasteiger partial charge >= 0.3 is 0 Å². The smallest absolute Gasteiger partial charge is 0.249 e. The molecule has 0 unspecified atom stereocenters. The number of aryl methyl sites for hydroxylation is 1. The van der Waals surface area contributed by atoms with Gasteiger partial charge in [-0.3, -0.25) is 10.2 Å². The number of nitrogens with one attached hydrogen (secondary N) is 2. The summed E-state index contributed by atoms with van der Waals surface area (Å²) in [6, 6.07) is 12.7. The molecule has 0 atom stereocenters. The molecule has 0 radical (unpaired) electrons. The first-order valence-electron chi connectivity index (χ1n) is 6.76. The molecule has 1 aliphatic rings. The standard InChI is InChI=1S/C17H18N2O/c1-11-7-8-14-12(9-11)5-4-6-13(14)10-15-17(2,3)16(20)19-18-15/h4-10,18H,1-3H3,(H,19,20)/b15-10-. The van der Waals surface area contributed by atoms with Crippen molar-refractivity contribution in [1.82, 2.24) is 10.9 Å². The van der Waals surface area contributed by atoms with E-state index in [1.165, 1.54) is 16.3 Å². The van der Waals surface area contributed by atoms with E-state index < -0.39 is 5.41 Å². The summed E-state index contributed by atoms with van der Waals surface area (Å²) in [5.74, 6) is -0.000156. The summed E-state index contributed by atoms with van der Waals surface area (Å²) in [7, 11) is 0. The molecule has 3 nitrogen and oxygen atoms in total. The van der Waals surface area contributed by atoms with Crippen LogP contribution in [0.4, 0.5) is 0 Å². The monoisotopic (exact) mass is 266 g/mol. The van der Waals surface area contributed by atoms with Crippen molar-refractivity contribution in [2.75, 3.05) is 0 Å². The largest absolute Gasteiger partial charge is 0.302 e. The minimum absolute atomic E-state index is 0.000156. The van der Waals surface area contributed by atoms with Gasteiger partial charge in [0.05, 0.1) is 5.41 Å². The minimum atomic E-state index is -0.521. The molecule has 2 aromatic rings. The van der Waals surface area contributed by atoms with Gasteiger partial charge in [0.25, 0.3) is 0 Å². The molecule has 0 saturated carbocycles. The van der Waals surface area contributed by atoms with Crippen molar-refractivity contribution >= 4 is 22.8 Å². The lowest BCUT2D eigenvalue weighted by Gasteiger charge is -2.14. The minimum Gasteiger partial charge on any atom is -0.302 e. The molecule has 0 bridgehead atoms. The number of benzene rings is 2. The Labute approximate surface area is 118 Å². The summed E-state index contributed by atoms with van der Waals surface area (Å²) in [5, 5.41) is 2.41. The molecule has 102 valence electrons. The molecule has 1 saturated heterocycles. The predicted octanol–water partition coefficient (Wildman–Crippen LogP) is 3.15. The number of hydrogen-bond donors (Lipinski definition) is 2. The van der Waals surface area contributed by atoms with Gasteiger partial charge in [-0.05, 0) is 43.2 Å². The first-order valence-corrected chi connectivity index (χ1v) is 6.76. The first kappa shape index (κ1) is 12.7. The average Bonchev–Trinajstić information content (AvgIpc) is 2.65. The van der Waals surface area contributed by atoms with E-state index in [9.17, 15) is 4.79 Å². The van der Waals surface area contributed by atoms with Crippen molar-refractivity contribution < 1.29 is 4.79 Å². The maximum atomic E-state index is 11.8. The Morgan fingerprint density at radius 3 is 2.60 bits per heavy atom. The number of hydrogen-bond acceptors (Lipinski definition) is 2. The fourth-order valence-corrected chi connectivity index (χ4v) is 2.48. The van der Waals surface area contributed by atoms with E-state index >= 15 is 0 Å². The van der Waals surface area contributed by atoms with Gasteiger partial charge in [0.15, 0.2) is 0 Å². The highest BCUT2D eigenvalue weighted by Crippen LogP contribution is 2.31. The van der Waals surface area contributed by atoms with Gasteiger partial charge in [-0.2, -0.15) is 0 Å². The Hall–Kier alpha value is -2.29. The van der Waals surface area contributed by atoms with Crippen LogP contribution in [-0.2, 0) is 4.79 Å². The molecule has 0 aliphatic carbocycles. The van der Waals surface area contributed by atoms with Gasteiger partial charge in [0, 0.05) is 5.70 Å². The summed E-state index contributed by atoms with van der Waals surface area (Å²) >= 11 is 0. The summed E-state index contributed by atoms with van der Waals surface area (Å²) in [5.41, 5.74) is 8.41. The van der Waals surface area contributed by atoms with Crippen LogP contribution in [0.1, 0.15) is 25.0 Å². The zero-order valence-electron chi connectivity index (χ0n) is 11.9. The highest BCUT2D eigenvalue weighted by Gasteiger charge is 2.37. The number of amides is 1. The van der Waals surface area contributed by atoms with Crippen LogP contribution < -0.4 is 10.9 Å². The summed E-state index contributed by atoms with van der Waals surface area (Å²) < 4.78 is 0. The van der Waals surface area contributed by atoms with Gasteiger partial charge in [0.1, 0.15) is 0 Å². The van der Waals surface area contributed by atoms with Crippen LogP contribution in [0.25, 0.3) is 16.8 Å². The fourth-order valence-electron chi connectivity index (χ4n) is 2.48. The van der Waals surface area contributed by atoms with Crippen LogP contribution in [-0.4, -0.2) is 5.91 Å². The van der Waals surface area contributed by atoms with Crippen LogP contribution in [0.2, 0.25) is 0 Å². The second-order valence-electron chi connectivity index (χ2n) is 5.83. The fraction of sp³-hybridized carbons (Fsp3) is 0.235. The van der Waals surface area contributed by atoms with E-state index in [0.29, 0.717) is 0 Å².